The smallest absolute Gasteiger partial charge is 0.128 e. The van der Waals surface area contributed by atoms with Crippen LogP contribution in [0.25, 0.3) is 10.8 Å². The van der Waals surface area contributed by atoms with Gasteiger partial charge in [0.1, 0.15) is 11.5 Å². The highest BCUT2D eigenvalue weighted by atomic mass is 16.3. The van der Waals surface area contributed by atoms with Crippen LogP contribution in [0.4, 0.5) is 0 Å². The van der Waals surface area contributed by atoms with E-state index in [9.17, 15) is 10.2 Å². The van der Waals surface area contributed by atoms with Crippen molar-refractivity contribution in [3.8, 4) is 11.5 Å². The Balaban J connectivity index is 2.45. The van der Waals surface area contributed by atoms with Crippen molar-refractivity contribution in [2.75, 3.05) is 0 Å². The Morgan fingerprint density at radius 2 is 2.00 bits per heavy atom. The first-order valence-corrected chi connectivity index (χ1v) is 5.51. The van der Waals surface area contributed by atoms with Crippen LogP contribution < -0.4 is 0 Å². The first kappa shape index (κ1) is 10.7. The van der Waals surface area contributed by atoms with E-state index in [1.165, 1.54) is 6.07 Å². The Bertz CT molecular complexity index is 509. The minimum atomic E-state index is 0.0736. The third kappa shape index (κ3) is 2.08. The molecule has 2 N–H and O–H groups in total. The number of hydrogen-bond acceptors (Lipinski definition) is 3. The van der Waals surface area contributed by atoms with Crippen LogP contribution in [0.1, 0.15) is 25.5 Å². The molecule has 0 bridgehead atoms. The first-order valence-electron chi connectivity index (χ1n) is 5.51. The SMILES string of the molecule is CCCCc1cc2cc(O)cc(O)c2cn1. The molecule has 0 aliphatic heterocycles. The van der Waals surface area contributed by atoms with E-state index in [1.54, 1.807) is 12.3 Å². The number of hydrogen-bond donors (Lipinski definition) is 2. The van der Waals surface area contributed by atoms with Gasteiger partial charge in [0.25, 0.3) is 0 Å². The molecule has 16 heavy (non-hydrogen) atoms. The average Bonchev–Trinajstić information content (AvgIpc) is 2.25. The zero-order valence-electron chi connectivity index (χ0n) is 9.27. The molecule has 1 aromatic carbocycles. The second-order valence-corrected chi connectivity index (χ2v) is 3.97. The summed E-state index contributed by atoms with van der Waals surface area (Å²) in [6.45, 7) is 2.14. The maximum absolute atomic E-state index is 9.62. The minimum absolute atomic E-state index is 0.0736. The van der Waals surface area contributed by atoms with E-state index in [0.29, 0.717) is 5.39 Å². The molecule has 1 heterocycles. The molecule has 0 spiro atoms. The van der Waals surface area contributed by atoms with Gasteiger partial charge in [-0.05, 0) is 30.4 Å². The number of fused-ring (bicyclic) bond motifs is 1. The van der Waals surface area contributed by atoms with E-state index in [2.05, 4.69) is 11.9 Å². The molecular weight excluding hydrogens is 202 g/mol. The van der Waals surface area contributed by atoms with Crippen molar-refractivity contribution in [1.82, 2.24) is 4.98 Å². The number of aryl methyl sites for hydroxylation is 1. The summed E-state index contributed by atoms with van der Waals surface area (Å²) >= 11 is 0. The van der Waals surface area contributed by atoms with Crippen LogP contribution >= 0.6 is 0 Å². The quantitative estimate of drug-likeness (QED) is 0.831. The molecule has 3 nitrogen and oxygen atoms in total. The van der Waals surface area contributed by atoms with E-state index in [4.69, 9.17) is 0 Å². The molecule has 2 rings (SSSR count). The summed E-state index contributed by atoms with van der Waals surface area (Å²) in [6, 6.07) is 4.90. The Kier molecular flexibility index (Phi) is 2.95. The van der Waals surface area contributed by atoms with Crippen LogP contribution in [0.5, 0.6) is 11.5 Å². The fraction of sp³-hybridized carbons (Fsp3) is 0.308. The lowest BCUT2D eigenvalue weighted by atomic mass is 10.1. The molecule has 0 fully saturated rings. The van der Waals surface area contributed by atoms with Gasteiger partial charge >= 0.3 is 0 Å². The molecule has 2 aromatic rings. The molecule has 0 unspecified atom stereocenters. The van der Waals surface area contributed by atoms with Crippen LogP contribution in [-0.2, 0) is 6.42 Å². The van der Waals surface area contributed by atoms with Crippen LogP contribution in [0, 0.1) is 0 Å². The van der Waals surface area contributed by atoms with Crippen LogP contribution in [-0.4, -0.2) is 15.2 Å². The highest BCUT2D eigenvalue weighted by Gasteiger charge is 2.04. The summed E-state index contributed by atoms with van der Waals surface area (Å²) in [5.74, 6) is 0.155. The molecule has 0 saturated carbocycles. The van der Waals surface area contributed by atoms with Gasteiger partial charge in [0, 0.05) is 23.3 Å². The first-order chi connectivity index (χ1) is 7.70. The van der Waals surface area contributed by atoms with E-state index in [0.717, 1.165) is 30.3 Å². The van der Waals surface area contributed by atoms with Gasteiger partial charge in [0.15, 0.2) is 0 Å². The predicted molar refractivity (Wildman–Crippen MR) is 63.7 cm³/mol. The lowest BCUT2D eigenvalue weighted by molar-refractivity contribution is 0.455. The van der Waals surface area contributed by atoms with Crippen molar-refractivity contribution >= 4 is 10.8 Å². The van der Waals surface area contributed by atoms with Gasteiger partial charge in [-0.2, -0.15) is 0 Å². The van der Waals surface area contributed by atoms with Gasteiger partial charge in [0.2, 0.25) is 0 Å². The van der Waals surface area contributed by atoms with Crippen molar-refractivity contribution in [3.63, 3.8) is 0 Å². The predicted octanol–water partition coefficient (Wildman–Crippen LogP) is 2.99. The zero-order valence-corrected chi connectivity index (χ0v) is 9.27. The molecule has 0 aliphatic rings. The number of phenols is 2. The van der Waals surface area contributed by atoms with Crippen molar-refractivity contribution in [1.29, 1.82) is 0 Å². The van der Waals surface area contributed by atoms with Crippen LogP contribution in [0.15, 0.2) is 24.4 Å². The summed E-state index contributed by atoms with van der Waals surface area (Å²) < 4.78 is 0. The van der Waals surface area contributed by atoms with Gasteiger partial charge in [-0.1, -0.05) is 13.3 Å². The summed E-state index contributed by atoms with van der Waals surface area (Å²) in [5, 5.41) is 20.5. The highest BCUT2D eigenvalue weighted by molar-refractivity contribution is 5.88. The Labute approximate surface area is 94.4 Å². The minimum Gasteiger partial charge on any atom is -0.508 e. The van der Waals surface area contributed by atoms with Crippen molar-refractivity contribution in [2.45, 2.75) is 26.2 Å². The third-order valence-corrected chi connectivity index (χ3v) is 2.64. The van der Waals surface area contributed by atoms with Gasteiger partial charge in [-0.15, -0.1) is 0 Å². The molecule has 1 aromatic heterocycles. The number of rotatable bonds is 3. The molecule has 3 heteroatoms. The lowest BCUT2D eigenvalue weighted by Crippen LogP contribution is -1.89. The van der Waals surface area contributed by atoms with E-state index in [-0.39, 0.29) is 11.5 Å². The topological polar surface area (TPSA) is 53.4 Å². The van der Waals surface area contributed by atoms with E-state index in [1.807, 2.05) is 6.07 Å². The number of aromatic nitrogens is 1. The number of benzene rings is 1. The summed E-state index contributed by atoms with van der Waals surface area (Å²) in [5.41, 5.74) is 0.999. The number of phenolic OH excluding ortho intramolecular Hbond substituents is 2. The molecule has 0 aliphatic carbocycles. The van der Waals surface area contributed by atoms with Gasteiger partial charge in [-0.3, -0.25) is 4.98 Å². The third-order valence-electron chi connectivity index (χ3n) is 2.64. The number of pyridine rings is 1. The molecule has 0 amide bonds. The standard InChI is InChI=1S/C13H15NO2/c1-2-3-4-10-5-9-6-11(15)7-13(16)12(9)8-14-10/h5-8,15-16H,2-4H2,1H3. The van der Waals surface area contributed by atoms with Gasteiger partial charge in [0.05, 0.1) is 0 Å². The normalized spacial score (nSPS) is 10.8. The number of nitrogens with zero attached hydrogens (tertiary/aromatic N) is 1. The Hall–Kier alpha value is -1.77. The highest BCUT2D eigenvalue weighted by Crippen LogP contribution is 2.29. The van der Waals surface area contributed by atoms with Crippen LogP contribution in [0.3, 0.4) is 0 Å². The number of unbranched alkanes of at least 4 members (excludes halogenated alkanes) is 1. The Morgan fingerprint density at radius 3 is 2.75 bits per heavy atom. The molecular formula is C13H15NO2. The average molecular weight is 217 g/mol. The summed E-state index contributed by atoms with van der Waals surface area (Å²) in [4.78, 5) is 4.29. The van der Waals surface area contributed by atoms with Crippen molar-refractivity contribution in [2.24, 2.45) is 0 Å². The Morgan fingerprint density at radius 1 is 1.19 bits per heavy atom. The maximum atomic E-state index is 9.62. The summed E-state index contributed by atoms with van der Waals surface area (Å²) in [7, 11) is 0. The lowest BCUT2D eigenvalue weighted by Gasteiger charge is -2.04. The largest absolute Gasteiger partial charge is 0.508 e. The van der Waals surface area contributed by atoms with E-state index >= 15 is 0 Å². The fourth-order valence-corrected chi connectivity index (χ4v) is 1.76. The van der Waals surface area contributed by atoms with Gasteiger partial charge < -0.3 is 10.2 Å². The fourth-order valence-electron chi connectivity index (χ4n) is 1.76. The maximum Gasteiger partial charge on any atom is 0.128 e. The second-order valence-electron chi connectivity index (χ2n) is 3.97. The zero-order chi connectivity index (χ0) is 11.5. The van der Waals surface area contributed by atoms with Gasteiger partial charge in [-0.25, -0.2) is 0 Å². The van der Waals surface area contributed by atoms with Crippen LogP contribution in [0.2, 0.25) is 0 Å². The number of aromatic hydroxyl groups is 2. The molecule has 0 saturated heterocycles. The molecule has 0 radical (unpaired) electrons. The summed E-state index contributed by atoms with van der Waals surface area (Å²) in [6.07, 6.45) is 4.83. The van der Waals surface area contributed by atoms with Crippen molar-refractivity contribution in [3.05, 3.63) is 30.1 Å². The second kappa shape index (κ2) is 4.39. The molecule has 0 atom stereocenters. The monoisotopic (exact) mass is 217 g/mol. The molecule has 84 valence electrons. The van der Waals surface area contributed by atoms with Crippen molar-refractivity contribution < 1.29 is 10.2 Å². The van der Waals surface area contributed by atoms with E-state index < -0.39 is 0 Å².